The summed E-state index contributed by atoms with van der Waals surface area (Å²) in [6.07, 6.45) is 3.16. The van der Waals surface area contributed by atoms with E-state index in [2.05, 4.69) is 26.2 Å². The Kier molecular flexibility index (Phi) is 1.65. The molecule has 44 valence electrons. The highest BCUT2D eigenvalue weighted by Crippen LogP contribution is 2.02. The van der Waals surface area contributed by atoms with Crippen molar-refractivity contribution < 1.29 is 0 Å². The largest absolute Gasteiger partial charge is 0.357 e. The number of allylic oxidation sites excluding steroid dienone is 1. The standard InChI is InChI=1S/C4H6BrN3/c5-3-1-7-4(6)8-2-3/h1-2,4,7H,6H2. The van der Waals surface area contributed by atoms with Gasteiger partial charge in [-0.25, -0.2) is 0 Å². The molecule has 1 aliphatic rings. The second-order valence-corrected chi connectivity index (χ2v) is 2.33. The van der Waals surface area contributed by atoms with E-state index in [-0.39, 0.29) is 6.29 Å². The molecule has 1 unspecified atom stereocenters. The highest BCUT2D eigenvalue weighted by molar-refractivity contribution is 9.12. The van der Waals surface area contributed by atoms with Gasteiger partial charge in [-0.05, 0) is 15.9 Å². The zero-order valence-electron chi connectivity index (χ0n) is 4.13. The SMILES string of the molecule is NC1N=CC(Br)=CN1. The number of hydrogen-bond donors (Lipinski definition) is 2. The molecule has 0 bridgehead atoms. The first kappa shape index (κ1) is 5.78. The van der Waals surface area contributed by atoms with E-state index in [0.717, 1.165) is 4.48 Å². The maximum Gasteiger partial charge on any atom is 0.170 e. The van der Waals surface area contributed by atoms with Crippen molar-refractivity contribution in [3.63, 3.8) is 0 Å². The average molecular weight is 176 g/mol. The topological polar surface area (TPSA) is 50.4 Å². The summed E-state index contributed by atoms with van der Waals surface area (Å²) in [7, 11) is 0. The third-order valence-electron chi connectivity index (χ3n) is 0.750. The van der Waals surface area contributed by atoms with E-state index in [1.165, 1.54) is 0 Å². The van der Waals surface area contributed by atoms with Crippen LogP contribution in [0.25, 0.3) is 0 Å². The van der Waals surface area contributed by atoms with Crippen molar-refractivity contribution in [1.29, 1.82) is 0 Å². The molecule has 3 nitrogen and oxygen atoms in total. The van der Waals surface area contributed by atoms with Gasteiger partial charge in [-0.3, -0.25) is 10.7 Å². The van der Waals surface area contributed by atoms with Gasteiger partial charge >= 0.3 is 0 Å². The predicted octanol–water partition coefficient (Wildman–Crippen LogP) is 0.139. The molecule has 1 aliphatic heterocycles. The summed E-state index contributed by atoms with van der Waals surface area (Å²) in [5.41, 5.74) is 5.32. The Morgan fingerprint density at radius 3 is 3.00 bits per heavy atom. The minimum Gasteiger partial charge on any atom is -0.357 e. The lowest BCUT2D eigenvalue weighted by Crippen LogP contribution is -2.33. The summed E-state index contributed by atoms with van der Waals surface area (Å²) in [6, 6.07) is 0. The molecule has 0 amide bonds. The number of halogens is 1. The molecular weight excluding hydrogens is 170 g/mol. The monoisotopic (exact) mass is 175 g/mol. The fourth-order valence-electron chi connectivity index (χ4n) is 0.397. The molecule has 0 saturated heterocycles. The zero-order chi connectivity index (χ0) is 5.98. The number of nitrogens with two attached hydrogens (primary N) is 1. The molecule has 0 radical (unpaired) electrons. The van der Waals surface area contributed by atoms with E-state index >= 15 is 0 Å². The lowest BCUT2D eigenvalue weighted by molar-refractivity contribution is 0.638. The van der Waals surface area contributed by atoms with Gasteiger partial charge in [-0.1, -0.05) is 0 Å². The normalized spacial score (nSPS) is 26.8. The van der Waals surface area contributed by atoms with Crippen molar-refractivity contribution >= 4 is 22.1 Å². The number of nitrogens with one attached hydrogen (secondary N) is 1. The summed E-state index contributed by atoms with van der Waals surface area (Å²) in [5, 5.41) is 2.80. The second kappa shape index (κ2) is 2.28. The molecule has 0 spiro atoms. The Labute approximate surface area is 55.8 Å². The van der Waals surface area contributed by atoms with Gasteiger partial charge in [-0.2, -0.15) is 0 Å². The molecule has 1 atom stereocenters. The minimum atomic E-state index is -0.267. The van der Waals surface area contributed by atoms with Crippen LogP contribution in [0, 0.1) is 0 Å². The molecule has 4 heteroatoms. The third-order valence-corrected chi connectivity index (χ3v) is 1.18. The highest BCUT2D eigenvalue weighted by Gasteiger charge is 1.97. The fraction of sp³-hybridized carbons (Fsp3) is 0.250. The van der Waals surface area contributed by atoms with Crippen LogP contribution >= 0.6 is 15.9 Å². The van der Waals surface area contributed by atoms with Crippen molar-refractivity contribution in [1.82, 2.24) is 5.32 Å². The highest BCUT2D eigenvalue weighted by atomic mass is 79.9. The van der Waals surface area contributed by atoms with E-state index in [1.807, 2.05) is 0 Å². The zero-order valence-corrected chi connectivity index (χ0v) is 5.72. The van der Waals surface area contributed by atoms with E-state index < -0.39 is 0 Å². The van der Waals surface area contributed by atoms with Gasteiger partial charge in [0.25, 0.3) is 0 Å². The number of hydrogen-bond acceptors (Lipinski definition) is 3. The van der Waals surface area contributed by atoms with Crippen LogP contribution in [-0.2, 0) is 0 Å². The minimum absolute atomic E-state index is 0.267. The predicted molar refractivity (Wildman–Crippen MR) is 36.6 cm³/mol. The molecule has 0 saturated carbocycles. The van der Waals surface area contributed by atoms with E-state index in [4.69, 9.17) is 5.73 Å². The molecule has 3 N–H and O–H groups in total. The molecule has 0 aliphatic carbocycles. The van der Waals surface area contributed by atoms with Gasteiger partial charge in [0, 0.05) is 12.4 Å². The van der Waals surface area contributed by atoms with Crippen LogP contribution in [-0.4, -0.2) is 12.5 Å². The first-order valence-electron chi connectivity index (χ1n) is 2.19. The summed E-state index contributed by atoms with van der Waals surface area (Å²) < 4.78 is 0.916. The first-order chi connectivity index (χ1) is 3.79. The molecular formula is C4H6BrN3. The lowest BCUT2D eigenvalue weighted by atomic mass is 10.6. The van der Waals surface area contributed by atoms with Gasteiger partial charge in [0.05, 0.1) is 4.48 Å². The van der Waals surface area contributed by atoms with Gasteiger partial charge in [0.2, 0.25) is 0 Å². The van der Waals surface area contributed by atoms with Crippen LogP contribution in [0.3, 0.4) is 0 Å². The van der Waals surface area contributed by atoms with Gasteiger partial charge in [0.1, 0.15) is 0 Å². The van der Waals surface area contributed by atoms with E-state index in [0.29, 0.717) is 0 Å². The van der Waals surface area contributed by atoms with Crippen LogP contribution in [0.5, 0.6) is 0 Å². The maximum atomic E-state index is 5.32. The Bertz CT molecular complexity index is 140. The molecule has 1 rings (SSSR count). The molecule has 0 fully saturated rings. The van der Waals surface area contributed by atoms with Gasteiger partial charge < -0.3 is 5.32 Å². The summed E-state index contributed by atoms with van der Waals surface area (Å²) in [6.45, 7) is 0. The number of aliphatic imine (C=N–C) groups is 1. The average Bonchev–Trinajstić information content (AvgIpc) is 1.77. The Morgan fingerprint density at radius 2 is 2.62 bits per heavy atom. The van der Waals surface area contributed by atoms with Crippen LogP contribution in [0.4, 0.5) is 0 Å². The van der Waals surface area contributed by atoms with Crippen molar-refractivity contribution in [2.45, 2.75) is 6.29 Å². The lowest BCUT2D eigenvalue weighted by Gasteiger charge is -2.09. The Morgan fingerprint density at radius 1 is 1.88 bits per heavy atom. The van der Waals surface area contributed by atoms with E-state index in [9.17, 15) is 0 Å². The van der Waals surface area contributed by atoms with Crippen molar-refractivity contribution in [3.05, 3.63) is 10.7 Å². The van der Waals surface area contributed by atoms with Crippen molar-refractivity contribution in [2.24, 2.45) is 10.7 Å². The summed E-state index contributed by atoms with van der Waals surface area (Å²) in [4.78, 5) is 3.84. The van der Waals surface area contributed by atoms with Crippen molar-refractivity contribution in [2.75, 3.05) is 0 Å². The Balaban J connectivity index is 2.58. The molecule has 0 aromatic rings. The summed E-state index contributed by atoms with van der Waals surface area (Å²) >= 11 is 3.21. The smallest absolute Gasteiger partial charge is 0.170 e. The Hall–Kier alpha value is -0.350. The number of rotatable bonds is 0. The molecule has 0 aromatic heterocycles. The molecule has 1 heterocycles. The fourth-order valence-corrected chi connectivity index (χ4v) is 0.647. The van der Waals surface area contributed by atoms with E-state index in [1.54, 1.807) is 12.4 Å². The molecule has 0 aromatic carbocycles. The van der Waals surface area contributed by atoms with Gasteiger partial charge in [0.15, 0.2) is 6.29 Å². The number of nitrogens with zero attached hydrogens (tertiary/aromatic N) is 1. The quantitative estimate of drug-likeness (QED) is 0.551. The van der Waals surface area contributed by atoms with Crippen molar-refractivity contribution in [3.8, 4) is 0 Å². The molecule has 8 heavy (non-hydrogen) atoms. The van der Waals surface area contributed by atoms with Crippen LogP contribution in [0.15, 0.2) is 15.7 Å². The van der Waals surface area contributed by atoms with Crippen LogP contribution in [0.1, 0.15) is 0 Å². The van der Waals surface area contributed by atoms with Gasteiger partial charge in [-0.15, -0.1) is 0 Å². The summed E-state index contributed by atoms with van der Waals surface area (Å²) in [5.74, 6) is 0. The third kappa shape index (κ3) is 1.31. The maximum absolute atomic E-state index is 5.32. The first-order valence-corrected chi connectivity index (χ1v) is 2.99. The van der Waals surface area contributed by atoms with Crippen LogP contribution in [0.2, 0.25) is 0 Å². The van der Waals surface area contributed by atoms with Crippen LogP contribution < -0.4 is 11.1 Å². The second-order valence-electron chi connectivity index (χ2n) is 1.42.